The van der Waals surface area contributed by atoms with E-state index in [1.54, 1.807) is 4.57 Å². The van der Waals surface area contributed by atoms with Gasteiger partial charge in [-0.15, -0.1) is 0 Å². The minimum Gasteiger partial charge on any atom is -0.325 e. The Morgan fingerprint density at radius 2 is 1.63 bits per heavy atom. The molecule has 2 aliphatic rings. The summed E-state index contributed by atoms with van der Waals surface area (Å²) in [6.07, 6.45) is 1.92. The van der Waals surface area contributed by atoms with Gasteiger partial charge in [0.2, 0.25) is 5.91 Å². The Bertz CT molecular complexity index is 1700. The van der Waals surface area contributed by atoms with Crippen LogP contribution in [-0.4, -0.2) is 21.2 Å². The number of benzene rings is 3. The highest BCUT2D eigenvalue weighted by molar-refractivity contribution is 7.99. The highest BCUT2D eigenvalue weighted by atomic mass is 32.2. The Hall–Kier alpha value is -3.85. The zero-order valence-corrected chi connectivity index (χ0v) is 24.4. The van der Waals surface area contributed by atoms with E-state index in [-0.39, 0.29) is 22.4 Å². The molecular formula is C34H32F3N3O2S. The molecule has 5 nitrogen and oxygen atoms in total. The Morgan fingerprint density at radius 1 is 0.930 bits per heavy atom. The van der Waals surface area contributed by atoms with Gasteiger partial charge in [-0.3, -0.25) is 14.2 Å². The fraction of sp³-hybridized carbons (Fsp3) is 0.324. The molecule has 1 N–H and O–H groups in total. The zero-order chi connectivity index (χ0) is 30.0. The molecule has 222 valence electrons. The Balaban J connectivity index is 1.38. The summed E-state index contributed by atoms with van der Waals surface area (Å²) in [7, 11) is 0. The van der Waals surface area contributed by atoms with Crippen LogP contribution in [0.1, 0.15) is 54.4 Å². The van der Waals surface area contributed by atoms with E-state index in [4.69, 9.17) is 4.98 Å². The first-order chi connectivity index (χ1) is 20.7. The van der Waals surface area contributed by atoms with Crippen LogP contribution in [0, 0.1) is 0 Å². The summed E-state index contributed by atoms with van der Waals surface area (Å²) in [5.41, 5.74) is 3.06. The third-order valence-corrected chi connectivity index (χ3v) is 9.56. The van der Waals surface area contributed by atoms with Crippen LogP contribution in [0.3, 0.4) is 0 Å². The highest BCUT2D eigenvalue weighted by Gasteiger charge is 2.43. The Kier molecular flexibility index (Phi) is 8.18. The highest BCUT2D eigenvalue weighted by Crippen LogP contribution is 2.49. The second kappa shape index (κ2) is 12.0. The second-order valence-electron chi connectivity index (χ2n) is 11.4. The number of carbonyl (C=O) groups excluding carboxylic acids is 1. The van der Waals surface area contributed by atoms with Crippen LogP contribution >= 0.6 is 11.8 Å². The number of alkyl halides is 3. The summed E-state index contributed by atoms with van der Waals surface area (Å²) in [4.78, 5) is 32.5. The number of rotatable bonds is 7. The van der Waals surface area contributed by atoms with Crippen molar-refractivity contribution in [1.29, 1.82) is 0 Å². The summed E-state index contributed by atoms with van der Waals surface area (Å²) in [6.45, 7) is 0.377. The molecule has 1 fully saturated rings. The van der Waals surface area contributed by atoms with E-state index in [1.807, 2.05) is 48.5 Å². The van der Waals surface area contributed by atoms with Gasteiger partial charge in [0.1, 0.15) is 0 Å². The van der Waals surface area contributed by atoms with Crippen LogP contribution in [0.15, 0.2) is 88.8 Å². The SMILES string of the molecule is O=C(CSc1nc2c(c(=O)n1CCc1ccccc1)C1(CCCCC1)Cc1ccccc1-2)Nc1ccccc1C(F)(F)F. The molecule has 4 aromatic rings. The molecule has 9 heteroatoms. The van der Waals surface area contributed by atoms with Crippen molar-refractivity contribution in [3.8, 4) is 11.3 Å². The quantitative estimate of drug-likeness (QED) is 0.174. The number of para-hydroxylation sites is 1. The summed E-state index contributed by atoms with van der Waals surface area (Å²) >= 11 is 1.08. The first kappa shape index (κ1) is 29.2. The number of nitrogens with one attached hydrogen (secondary N) is 1. The predicted molar refractivity (Wildman–Crippen MR) is 163 cm³/mol. The summed E-state index contributed by atoms with van der Waals surface area (Å²) < 4.78 is 42.2. The zero-order valence-electron chi connectivity index (χ0n) is 23.6. The maximum atomic E-state index is 14.5. The summed E-state index contributed by atoms with van der Waals surface area (Å²) in [5, 5.41) is 2.80. The molecule has 2 aliphatic carbocycles. The van der Waals surface area contributed by atoms with Gasteiger partial charge < -0.3 is 5.32 Å². The van der Waals surface area contributed by atoms with Crippen molar-refractivity contribution >= 4 is 23.4 Å². The number of nitrogens with zero attached hydrogens (tertiary/aromatic N) is 2. The van der Waals surface area contributed by atoms with E-state index >= 15 is 0 Å². The molecule has 0 atom stereocenters. The normalized spacial score (nSPS) is 15.5. The molecule has 0 saturated heterocycles. The van der Waals surface area contributed by atoms with Crippen LogP contribution in [0.2, 0.25) is 0 Å². The van der Waals surface area contributed by atoms with E-state index in [1.165, 1.54) is 23.8 Å². The van der Waals surface area contributed by atoms with Crippen LogP contribution in [0.4, 0.5) is 18.9 Å². The molecule has 0 aliphatic heterocycles. The predicted octanol–water partition coefficient (Wildman–Crippen LogP) is 7.66. The minimum absolute atomic E-state index is 0.0809. The fourth-order valence-corrected chi connectivity index (χ4v) is 7.39. The summed E-state index contributed by atoms with van der Waals surface area (Å²) in [5.74, 6) is -0.803. The second-order valence-corrected chi connectivity index (χ2v) is 12.3. The lowest BCUT2D eigenvalue weighted by molar-refractivity contribution is -0.137. The first-order valence-corrected chi connectivity index (χ1v) is 15.6. The lowest BCUT2D eigenvalue weighted by atomic mass is 9.62. The molecule has 1 amide bonds. The van der Waals surface area contributed by atoms with Gasteiger partial charge in [-0.05, 0) is 48.9 Å². The van der Waals surface area contributed by atoms with Gasteiger partial charge in [0, 0.05) is 17.5 Å². The average molecular weight is 604 g/mol. The number of halogens is 3. The van der Waals surface area contributed by atoms with Gasteiger partial charge in [-0.2, -0.15) is 13.2 Å². The largest absolute Gasteiger partial charge is 0.418 e. The average Bonchev–Trinajstić information content (AvgIpc) is 3.00. The van der Waals surface area contributed by atoms with Gasteiger partial charge >= 0.3 is 6.18 Å². The molecule has 0 unspecified atom stereocenters. The molecule has 1 spiro atoms. The van der Waals surface area contributed by atoms with Crippen molar-refractivity contribution in [3.05, 3.63) is 111 Å². The number of hydrogen-bond acceptors (Lipinski definition) is 4. The number of fused-ring (bicyclic) bond motifs is 4. The molecule has 0 radical (unpaired) electrons. The number of aryl methyl sites for hydroxylation is 1. The molecule has 0 bridgehead atoms. The monoisotopic (exact) mass is 603 g/mol. The standard InChI is InChI=1S/C34H32F3N3O2S/c35-34(36,37)26-15-7-8-16-27(26)38-28(41)22-43-32-39-30-25-14-6-5-13-24(25)21-33(18-9-2-10-19-33)29(30)31(42)40(32)20-17-23-11-3-1-4-12-23/h1,3-8,11-16H,2,9-10,17-22H2,(H,38,41). The van der Waals surface area contributed by atoms with Gasteiger partial charge in [-0.25, -0.2) is 4.98 Å². The number of carbonyl (C=O) groups is 1. The van der Waals surface area contributed by atoms with Crippen molar-refractivity contribution in [3.63, 3.8) is 0 Å². The van der Waals surface area contributed by atoms with Crippen molar-refractivity contribution in [2.75, 3.05) is 11.1 Å². The van der Waals surface area contributed by atoms with E-state index in [9.17, 15) is 22.8 Å². The minimum atomic E-state index is -4.60. The van der Waals surface area contributed by atoms with Crippen molar-refractivity contribution < 1.29 is 18.0 Å². The Labute approximate surface area is 252 Å². The van der Waals surface area contributed by atoms with Crippen LogP contribution in [0.5, 0.6) is 0 Å². The third-order valence-electron chi connectivity index (χ3n) is 8.58. The van der Waals surface area contributed by atoms with Crippen LogP contribution in [-0.2, 0) is 35.8 Å². The molecular weight excluding hydrogens is 571 g/mol. The lowest BCUT2D eigenvalue weighted by Gasteiger charge is -2.42. The lowest BCUT2D eigenvalue weighted by Crippen LogP contribution is -2.43. The number of anilines is 1. The third kappa shape index (κ3) is 6.00. The van der Waals surface area contributed by atoms with E-state index in [0.29, 0.717) is 23.8 Å². The van der Waals surface area contributed by atoms with Gasteiger partial charge in [0.05, 0.1) is 28.3 Å². The number of aromatic nitrogens is 2. The van der Waals surface area contributed by atoms with Gasteiger partial charge in [0.25, 0.3) is 5.56 Å². The number of amides is 1. The van der Waals surface area contributed by atoms with E-state index in [0.717, 1.165) is 73.0 Å². The van der Waals surface area contributed by atoms with Crippen molar-refractivity contribution in [1.82, 2.24) is 9.55 Å². The molecule has 43 heavy (non-hydrogen) atoms. The van der Waals surface area contributed by atoms with E-state index in [2.05, 4.69) is 11.4 Å². The smallest absolute Gasteiger partial charge is 0.325 e. The maximum Gasteiger partial charge on any atom is 0.418 e. The number of hydrogen-bond donors (Lipinski definition) is 1. The topological polar surface area (TPSA) is 64.0 Å². The summed E-state index contributed by atoms with van der Waals surface area (Å²) in [6, 6.07) is 22.8. The first-order valence-electron chi connectivity index (χ1n) is 14.6. The maximum absolute atomic E-state index is 14.5. The molecule has 3 aromatic carbocycles. The van der Waals surface area contributed by atoms with Gasteiger partial charge in [0.15, 0.2) is 5.16 Å². The molecule has 1 heterocycles. The molecule has 6 rings (SSSR count). The van der Waals surface area contributed by atoms with Crippen LogP contribution in [0.25, 0.3) is 11.3 Å². The van der Waals surface area contributed by atoms with Gasteiger partial charge in [-0.1, -0.05) is 97.8 Å². The molecule has 1 aromatic heterocycles. The van der Waals surface area contributed by atoms with E-state index < -0.39 is 17.6 Å². The number of thioether (sulfide) groups is 1. The van der Waals surface area contributed by atoms with Crippen LogP contribution < -0.4 is 10.9 Å². The van der Waals surface area contributed by atoms with Crippen molar-refractivity contribution in [2.24, 2.45) is 0 Å². The molecule has 1 saturated carbocycles. The van der Waals surface area contributed by atoms with Crippen molar-refractivity contribution in [2.45, 2.75) is 68.2 Å². The Morgan fingerprint density at radius 3 is 2.40 bits per heavy atom. The fourth-order valence-electron chi connectivity index (χ4n) is 6.57.